The summed E-state index contributed by atoms with van der Waals surface area (Å²) in [5.74, 6) is 1.33. The van der Waals surface area contributed by atoms with Crippen LogP contribution in [0.25, 0.3) is 0 Å². The van der Waals surface area contributed by atoms with E-state index in [1.165, 1.54) is 0 Å². The standard InChI is InChI=1S/C16H23N3O2S.ClH/c1-2-3-15(20)19-11-22-10-14(19)16(21)18-9-8-12-4-6-13(17)7-5-12;/h4-7,14H,2-3,8-11,17H2,1H3,(H,18,21);1H. The fourth-order valence-electron chi connectivity index (χ4n) is 2.40. The van der Waals surface area contributed by atoms with Gasteiger partial charge in [-0.15, -0.1) is 24.2 Å². The lowest BCUT2D eigenvalue weighted by Gasteiger charge is -2.23. The number of carbonyl (C=O) groups is 2. The van der Waals surface area contributed by atoms with E-state index in [2.05, 4.69) is 5.32 Å². The number of hydrogen-bond donors (Lipinski definition) is 2. The average Bonchev–Trinajstić information content (AvgIpc) is 2.99. The first-order valence-corrected chi connectivity index (χ1v) is 8.76. The summed E-state index contributed by atoms with van der Waals surface area (Å²) in [4.78, 5) is 26.0. The number of halogens is 1. The highest BCUT2D eigenvalue weighted by atomic mass is 35.5. The Kier molecular flexibility index (Phi) is 8.26. The zero-order valence-corrected chi connectivity index (χ0v) is 14.9. The van der Waals surface area contributed by atoms with E-state index < -0.39 is 0 Å². The highest BCUT2D eigenvalue weighted by molar-refractivity contribution is 7.99. The molecule has 1 aliphatic heterocycles. The third-order valence-corrected chi connectivity index (χ3v) is 4.67. The molecule has 7 heteroatoms. The van der Waals surface area contributed by atoms with Crippen molar-refractivity contribution in [3.05, 3.63) is 29.8 Å². The molecule has 0 bridgehead atoms. The molecule has 23 heavy (non-hydrogen) atoms. The molecule has 1 unspecified atom stereocenters. The Morgan fingerprint density at radius 2 is 2.04 bits per heavy atom. The number of benzene rings is 1. The lowest BCUT2D eigenvalue weighted by Crippen LogP contribution is -2.47. The van der Waals surface area contributed by atoms with Gasteiger partial charge in [0.25, 0.3) is 0 Å². The van der Waals surface area contributed by atoms with Gasteiger partial charge in [-0.1, -0.05) is 19.1 Å². The monoisotopic (exact) mass is 357 g/mol. The van der Waals surface area contributed by atoms with E-state index in [4.69, 9.17) is 5.73 Å². The highest BCUT2D eigenvalue weighted by Crippen LogP contribution is 2.22. The van der Waals surface area contributed by atoms with Crippen LogP contribution in [0.15, 0.2) is 24.3 Å². The molecule has 5 nitrogen and oxygen atoms in total. The SMILES string of the molecule is CCCC(=O)N1CSCC1C(=O)NCCc1ccc(N)cc1.Cl. The molecule has 1 saturated heterocycles. The Morgan fingerprint density at radius 1 is 1.35 bits per heavy atom. The first-order valence-electron chi connectivity index (χ1n) is 7.61. The molecule has 2 rings (SSSR count). The molecular weight excluding hydrogens is 334 g/mol. The van der Waals surface area contributed by atoms with Gasteiger partial charge < -0.3 is 16.0 Å². The molecule has 0 aromatic heterocycles. The van der Waals surface area contributed by atoms with Crippen molar-refractivity contribution in [2.24, 2.45) is 0 Å². The van der Waals surface area contributed by atoms with Gasteiger partial charge in [0, 0.05) is 24.4 Å². The van der Waals surface area contributed by atoms with Gasteiger partial charge in [0.2, 0.25) is 11.8 Å². The van der Waals surface area contributed by atoms with E-state index in [1.807, 2.05) is 31.2 Å². The van der Waals surface area contributed by atoms with Crippen molar-refractivity contribution in [3.8, 4) is 0 Å². The van der Waals surface area contributed by atoms with Gasteiger partial charge in [0.15, 0.2) is 0 Å². The minimum Gasteiger partial charge on any atom is -0.399 e. The zero-order chi connectivity index (χ0) is 15.9. The number of carbonyl (C=O) groups excluding carboxylic acids is 2. The molecule has 1 aromatic carbocycles. The topological polar surface area (TPSA) is 75.4 Å². The minimum absolute atomic E-state index is 0. The molecule has 1 aromatic rings. The molecule has 1 heterocycles. The van der Waals surface area contributed by atoms with Crippen LogP contribution < -0.4 is 11.1 Å². The number of amides is 2. The summed E-state index contributed by atoms with van der Waals surface area (Å²) in [5, 5.41) is 2.94. The van der Waals surface area contributed by atoms with Gasteiger partial charge in [0.05, 0.1) is 5.88 Å². The van der Waals surface area contributed by atoms with Crippen LogP contribution >= 0.6 is 24.2 Å². The predicted octanol–water partition coefficient (Wildman–Crippen LogP) is 2.05. The molecular formula is C16H24ClN3O2S. The first kappa shape index (κ1) is 19.6. The van der Waals surface area contributed by atoms with Crippen molar-refractivity contribution in [2.75, 3.05) is 23.9 Å². The van der Waals surface area contributed by atoms with Crippen LogP contribution in [0, 0.1) is 0 Å². The van der Waals surface area contributed by atoms with E-state index in [9.17, 15) is 9.59 Å². The summed E-state index contributed by atoms with van der Waals surface area (Å²) >= 11 is 1.63. The second-order valence-electron chi connectivity index (χ2n) is 5.41. The summed E-state index contributed by atoms with van der Waals surface area (Å²) in [6.07, 6.45) is 2.08. The number of nitrogens with two attached hydrogens (primary N) is 1. The minimum atomic E-state index is -0.324. The van der Waals surface area contributed by atoms with Crippen LogP contribution in [-0.2, 0) is 16.0 Å². The Morgan fingerprint density at radius 3 is 2.70 bits per heavy atom. The van der Waals surface area contributed by atoms with Crippen molar-refractivity contribution >= 4 is 41.7 Å². The van der Waals surface area contributed by atoms with Gasteiger partial charge in [-0.2, -0.15) is 0 Å². The maximum Gasteiger partial charge on any atom is 0.243 e. The molecule has 1 fully saturated rings. The van der Waals surface area contributed by atoms with Crippen LogP contribution in [0.4, 0.5) is 5.69 Å². The third-order valence-electron chi connectivity index (χ3n) is 3.66. The van der Waals surface area contributed by atoms with Gasteiger partial charge in [-0.3, -0.25) is 9.59 Å². The van der Waals surface area contributed by atoms with E-state index in [1.54, 1.807) is 16.7 Å². The molecule has 1 atom stereocenters. The van der Waals surface area contributed by atoms with Crippen molar-refractivity contribution in [2.45, 2.75) is 32.2 Å². The van der Waals surface area contributed by atoms with E-state index in [0.29, 0.717) is 24.6 Å². The second kappa shape index (κ2) is 9.67. The number of nitrogens with one attached hydrogen (secondary N) is 1. The molecule has 0 saturated carbocycles. The molecule has 128 valence electrons. The number of anilines is 1. The highest BCUT2D eigenvalue weighted by Gasteiger charge is 2.33. The second-order valence-corrected chi connectivity index (χ2v) is 6.41. The predicted molar refractivity (Wildman–Crippen MR) is 97.7 cm³/mol. The summed E-state index contributed by atoms with van der Waals surface area (Å²) < 4.78 is 0. The van der Waals surface area contributed by atoms with Crippen molar-refractivity contribution in [1.82, 2.24) is 10.2 Å². The quantitative estimate of drug-likeness (QED) is 0.764. The Balaban J connectivity index is 0.00000264. The maximum absolute atomic E-state index is 12.3. The molecule has 0 aliphatic carbocycles. The lowest BCUT2D eigenvalue weighted by molar-refractivity contribution is -0.138. The van der Waals surface area contributed by atoms with Crippen LogP contribution in [0.3, 0.4) is 0 Å². The number of nitrogen functional groups attached to an aromatic ring is 1. The Labute approximate surface area is 147 Å². The van der Waals surface area contributed by atoms with Gasteiger partial charge >= 0.3 is 0 Å². The van der Waals surface area contributed by atoms with Crippen LogP contribution in [0.1, 0.15) is 25.3 Å². The number of nitrogens with zero attached hydrogens (tertiary/aromatic N) is 1. The summed E-state index contributed by atoms with van der Waals surface area (Å²) in [6.45, 7) is 2.54. The molecule has 1 aliphatic rings. The van der Waals surface area contributed by atoms with Crippen molar-refractivity contribution < 1.29 is 9.59 Å². The Hall–Kier alpha value is -1.40. The lowest BCUT2D eigenvalue weighted by atomic mass is 10.1. The fraction of sp³-hybridized carbons (Fsp3) is 0.500. The smallest absolute Gasteiger partial charge is 0.243 e. The summed E-state index contributed by atoms with van der Waals surface area (Å²) in [7, 11) is 0. The summed E-state index contributed by atoms with van der Waals surface area (Å²) in [5.41, 5.74) is 7.52. The molecule has 2 amide bonds. The number of thioether (sulfide) groups is 1. The fourth-order valence-corrected chi connectivity index (χ4v) is 3.58. The van der Waals surface area contributed by atoms with E-state index in [-0.39, 0.29) is 30.3 Å². The van der Waals surface area contributed by atoms with Crippen molar-refractivity contribution in [3.63, 3.8) is 0 Å². The number of hydrogen-bond acceptors (Lipinski definition) is 4. The Bertz CT molecular complexity index is 525. The van der Waals surface area contributed by atoms with Gasteiger partial charge in [0.1, 0.15) is 6.04 Å². The summed E-state index contributed by atoms with van der Waals surface area (Å²) in [6, 6.07) is 7.32. The van der Waals surface area contributed by atoms with Crippen molar-refractivity contribution in [1.29, 1.82) is 0 Å². The third kappa shape index (κ3) is 5.62. The van der Waals surface area contributed by atoms with Crippen LogP contribution in [-0.4, -0.2) is 40.9 Å². The van der Waals surface area contributed by atoms with Gasteiger partial charge in [-0.25, -0.2) is 0 Å². The van der Waals surface area contributed by atoms with Crippen LogP contribution in [0.2, 0.25) is 0 Å². The van der Waals surface area contributed by atoms with Gasteiger partial charge in [-0.05, 0) is 30.5 Å². The zero-order valence-electron chi connectivity index (χ0n) is 13.3. The molecule has 0 radical (unpaired) electrons. The largest absolute Gasteiger partial charge is 0.399 e. The van der Waals surface area contributed by atoms with E-state index in [0.717, 1.165) is 24.1 Å². The molecule has 0 spiro atoms. The maximum atomic E-state index is 12.3. The van der Waals surface area contributed by atoms with E-state index >= 15 is 0 Å². The number of rotatable bonds is 6. The average molecular weight is 358 g/mol. The van der Waals surface area contributed by atoms with Crippen LogP contribution in [0.5, 0.6) is 0 Å². The first-order chi connectivity index (χ1) is 10.6. The molecule has 3 N–H and O–H groups in total. The normalized spacial score (nSPS) is 16.7.